The SMILES string of the molecule is CC(C)NC(=O)OCc1c(COC(=O)NC(C)C)c(-c2ccc(Cl)c(Cl)c2)n2c1SCC2. The number of ether oxygens (including phenoxy) is 2. The van der Waals surface area contributed by atoms with Crippen molar-refractivity contribution in [2.45, 2.75) is 64.6 Å². The molecule has 1 aliphatic heterocycles. The van der Waals surface area contributed by atoms with Gasteiger partial charge in [-0.1, -0.05) is 29.3 Å². The summed E-state index contributed by atoms with van der Waals surface area (Å²) in [4.78, 5) is 24.3. The Bertz CT molecular complexity index is 1010. The molecule has 32 heavy (non-hydrogen) atoms. The summed E-state index contributed by atoms with van der Waals surface area (Å²) in [5.41, 5.74) is 3.33. The normalized spacial score (nSPS) is 12.8. The van der Waals surface area contributed by atoms with Gasteiger partial charge < -0.3 is 24.7 Å². The van der Waals surface area contributed by atoms with Gasteiger partial charge in [-0.15, -0.1) is 11.8 Å². The topological polar surface area (TPSA) is 81.6 Å². The van der Waals surface area contributed by atoms with Gasteiger partial charge in [-0.25, -0.2) is 9.59 Å². The van der Waals surface area contributed by atoms with Crippen molar-refractivity contribution >= 4 is 47.2 Å². The lowest BCUT2D eigenvalue weighted by molar-refractivity contribution is 0.129. The number of carbonyl (C=O) groups is 2. The van der Waals surface area contributed by atoms with Crippen molar-refractivity contribution in [2.75, 3.05) is 5.75 Å². The van der Waals surface area contributed by atoms with Crippen molar-refractivity contribution in [1.29, 1.82) is 0 Å². The van der Waals surface area contributed by atoms with E-state index in [0.29, 0.717) is 10.0 Å². The van der Waals surface area contributed by atoms with Crippen LogP contribution in [-0.2, 0) is 29.2 Å². The average Bonchev–Trinajstić information content (AvgIpc) is 3.26. The van der Waals surface area contributed by atoms with Gasteiger partial charge in [0.1, 0.15) is 13.2 Å². The maximum Gasteiger partial charge on any atom is 0.407 e. The molecule has 174 valence electrons. The first-order valence-electron chi connectivity index (χ1n) is 10.4. The summed E-state index contributed by atoms with van der Waals surface area (Å²) in [6.07, 6.45) is -1.01. The minimum atomic E-state index is -0.511. The molecule has 3 rings (SSSR count). The molecule has 0 unspecified atom stereocenters. The van der Waals surface area contributed by atoms with Gasteiger partial charge in [0.15, 0.2) is 0 Å². The van der Waals surface area contributed by atoms with E-state index in [0.717, 1.165) is 39.7 Å². The van der Waals surface area contributed by atoms with E-state index in [1.54, 1.807) is 23.9 Å². The molecule has 1 aromatic carbocycles. The zero-order valence-electron chi connectivity index (χ0n) is 18.5. The second kappa shape index (κ2) is 10.7. The van der Waals surface area contributed by atoms with Crippen molar-refractivity contribution in [3.8, 4) is 11.3 Å². The molecule has 0 spiro atoms. The third kappa shape index (κ3) is 5.85. The van der Waals surface area contributed by atoms with Gasteiger partial charge in [-0.05, 0) is 39.8 Å². The van der Waals surface area contributed by atoms with E-state index in [1.807, 2.05) is 33.8 Å². The van der Waals surface area contributed by atoms with E-state index >= 15 is 0 Å². The lowest BCUT2D eigenvalue weighted by atomic mass is 10.1. The molecule has 0 saturated heterocycles. The van der Waals surface area contributed by atoms with Crippen molar-refractivity contribution in [2.24, 2.45) is 0 Å². The first-order valence-corrected chi connectivity index (χ1v) is 12.1. The number of hydrogen-bond donors (Lipinski definition) is 2. The number of halogens is 2. The van der Waals surface area contributed by atoms with Crippen LogP contribution in [0.1, 0.15) is 38.8 Å². The minimum Gasteiger partial charge on any atom is -0.445 e. The van der Waals surface area contributed by atoms with E-state index in [2.05, 4.69) is 15.2 Å². The molecule has 1 aliphatic rings. The number of fused-ring (bicyclic) bond motifs is 1. The molecule has 10 heteroatoms. The number of hydrogen-bond acceptors (Lipinski definition) is 5. The second-order valence-corrected chi connectivity index (χ2v) is 9.89. The van der Waals surface area contributed by atoms with E-state index in [1.165, 1.54) is 0 Å². The predicted octanol–water partition coefficient (Wildman–Crippen LogP) is 5.84. The van der Waals surface area contributed by atoms with Gasteiger partial charge in [0.05, 0.1) is 20.8 Å². The molecule has 7 nitrogen and oxygen atoms in total. The van der Waals surface area contributed by atoms with Crippen molar-refractivity contribution in [3.63, 3.8) is 0 Å². The molecule has 0 radical (unpaired) electrons. The van der Waals surface area contributed by atoms with Gasteiger partial charge in [0, 0.05) is 41.1 Å². The van der Waals surface area contributed by atoms with E-state index in [-0.39, 0.29) is 25.3 Å². The molecule has 2 N–H and O–H groups in total. The number of thioether (sulfide) groups is 1. The number of nitrogens with one attached hydrogen (secondary N) is 2. The number of nitrogens with zero attached hydrogens (tertiary/aromatic N) is 1. The van der Waals surface area contributed by atoms with E-state index in [9.17, 15) is 9.59 Å². The van der Waals surface area contributed by atoms with Crippen molar-refractivity contribution in [3.05, 3.63) is 39.4 Å². The third-order valence-electron chi connectivity index (χ3n) is 4.68. The van der Waals surface area contributed by atoms with Crippen molar-refractivity contribution < 1.29 is 19.1 Å². The van der Waals surface area contributed by atoms with Crippen LogP contribution in [0.5, 0.6) is 0 Å². The second-order valence-electron chi connectivity index (χ2n) is 7.99. The predicted molar refractivity (Wildman–Crippen MR) is 128 cm³/mol. The van der Waals surface area contributed by atoms with Crippen LogP contribution in [-0.4, -0.2) is 34.6 Å². The molecule has 2 aromatic rings. The molecule has 2 amide bonds. The number of rotatable bonds is 7. The van der Waals surface area contributed by atoms with Crippen LogP contribution in [0.25, 0.3) is 11.3 Å². The standard InChI is InChI=1S/C22H27Cl2N3O4S/c1-12(2)25-21(28)30-10-15-16(11-31-22(29)26-13(3)4)20-27(7-8-32-20)19(15)14-5-6-17(23)18(24)9-14/h5-6,9,12-13H,7-8,10-11H2,1-4H3,(H,25,28)(H,26,29). The molecular formula is C22H27Cl2N3O4S. The maximum absolute atomic E-state index is 12.2. The molecule has 0 fully saturated rings. The van der Waals surface area contributed by atoms with E-state index in [4.69, 9.17) is 32.7 Å². The lowest BCUT2D eigenvalue weighted by Crippen LogP contribution is -2.31. The fourth-order valence-electron chi connectivity index (χ4n) is 3.42. The molecule has 0 aliphatic carbocycles. The molecule has 0 bridgehead atoms. The Morgan fingerprint density at radius 3 is 2.16 bits per heavy atom. The Labute approximate surface area is 202 Å². The molecular weight excluding hydrogens is 473 g/mol. The molecule has 0 saturated carbocycles. The number of amides is 2. The van der Waals surface area contributed by atoms with Gasteiger partial charge in [0.25, 0.3) is 0 Å². The van der Waals surface area contributed by atoms with Crippen LogP contribution in [0, 0.1) is 0 Å². The summed E-state index contributed by atoms with van der Waals surface area (Å²) in [7, 11) is 0. The summed E-state index contributed by atoms with van der Waals surface area (Å²) < 4.78 is 13.2. The van der Waals surface area contributed by atoms with Crippen LogP contribution in [0.4, 0.5) is 9.59 Å². The Hall–Kier alpha value is -2.03. The van der Waals surface area contributed by atoms with Crippen LogP contribution < -0.4 is 10.6 Å². The third-order valence-corrected chi connectivity index (χ3v) is 6.54. The zero-order valence-corrected chi connectivity index (χ0v) is 20.8. The minimum absolute atomic E-state index is 0.0270. The van der Waals surface area contributed by atoms with Gasteiger partial charge >= 0.3 is 12.2 Å². The van der Waals surface area contributed by atoms with Gasteiger partial charge in [0.2, 0.25) is 0 Å². The average molecular weight is 500 g/mol. The number of carbonyl (C=O) groups excluding carboxylic acids is 2. The summed E-state index contributed by atoms with van der Waals surface area (Å²) in [5, 5.41) is 7.33. The Morgan fingerprint density at radius 1 is 1.00 bits per heavy atom. The van der Waals surface area contributed by atoms with Gasteiger partial charge in [-0.3, -0.25) is 0 Å². The van der Waals surface area contributed by atoms with Crippen LogP contribution in [0.15, 0.2) is 23.2 Å². The Kier molecular flexibility index (Phi) is 8.25. The number of benzene rings is 1. The Morgan fingerprint density at radius 2 is 1.59 bits per heavy atom. The molecule has 2 heterocycles. The first-order chi connectivity index (χ1) is 15.2. The summed E-state index contributed by atoms with van der Waals surface area (Å²) in [5.74, 6) is 0.893. The highest BCUT2D eigenvalue weighted by molar-refractivity contribution is 7.99. The zero-order chi connectivity index (χ0) is 23.4. The van der Waals surface area contributed by atoms with Gasteiger partial charge in [-0.2, -0.15) is 0 Å². The van der Waals surface area contributed by atoms with Crippen LogP contribution >= 0.6 is 35.0 Å². The van der Waals surface area contributed by atoms with Crippen molar-refractivity contribution in [1.82, 2.24) is 15.2 Å². The smallest absolute Gasteiger partial charge is 0.407 e. The summed E-state index contributed by atoms with van der Waals surface area (Å²) >= 11 is 14.1. The van der Waals surface area contributed by atoms with E-state index < -0.39 is 12.2 Å². The maximum atomic E-state index is 12.2. The molecule has 0 atom stereocenters. The van der Waals surface area contributed by atoms with Crippen LogP contribution in [0.3, 0.4) is 0 Å². The lowest BCUT2D eigenvalue weighted by Gasteiger charge is -2.14. The van der Waals surface area contributed by atoms with Crippen LogP contribution in [0.2, 0.25) is 10.0 Å². The molecule has 1 aromatic heterocycles. The largest absolute Gasteiger partial charge is 0.445 e. The Balaban J connectivity index is 1.99. The fourth-order valence-corrected chi connectivity index (χ4v) is 4.88. The first kappa shape index (κ1) is 24.6. The number of alkyl carbamates (subject to hydrolysis) is 2. The summed E-state index contributed by atoms with van der Waals surface area (Å²) in [6, 6.07) is 5.33. The fraction of sp³-hybridized carbons (Fsp3) is 0.455. The number of aromatic nitrogens is 1. The highest BCUT2D eigenvalue weighted by Crippen LogP contribution is 2.42. The monoisotopic (exact) mass is 499 g/mol. The highest BCUT2D eigenvalue weighted by Gasteiger charge is 2.29. The quantitative estimate of drug-likeness (QED) is 0.500. The summed E-state index contributed by atoms with van der Waals surface area (Å²) in [6.45, 7) is 8.31. The highest BCUT2D eigenvalue weighted by atomic mass is 35.5.